The fraction of sp³-hybridized carbons (Fsp3) is 0.300. The number of amides is 2. The molecule has 0 unspecified atom stereocenters. The van der Waals surface area contributed by atoms with Gasteiger partial charge in [0.15, 0.2) is 6.23 Å². The molecule has 1 aliphatic rings. The second-order valence-corrected chi connectivity index (χ2v) is 3.36. The van der Waals surface area contributed by atoms with E-state index in [2.05, 4.69) is 5.32 Å². The van der Waals surface area contributed by atoms with E-state index in [1.165, 1.54) is 4.90 Å². The van der Waals surface area contributed by atoms with Crippen LogP contribution in [0.2, 0.25) is 0 Å². The highest BCUT2D eigenvalue weighted by atomic mass is 16.3. The minimum absolute atomic E-state index is 0.234. The van der Waals surface area contributed by atoms with E-state index in [0.717, 1.165) is 0 Å². The van der Waals surface area contributed by atoms with Crippen molar-refractivity contribution in [3.05, 3.63) is 30.3 Å². The lowest BCUT2D eigenvalue weighted by atomic mass is 10.2. The van der Waals surface area contributed by atoms with Crippen molar-refractivity contribution in [1.82, 2.24) is 5.32 Å². The molecule has 0 radical (unpaired) electrons. The zero-order chi connectivity index (χ0) is 10.1. The zero-order valence-corrected chi connectivity index (χ0v) is 7.84. The lowest BCUT2D eigenvalue weighted by molar-refractivity contribution is 0.167. The Morgan fingerprint density at radius 1 is 1.36 bits per heavy atom. The van der Waals surface area contributed by atoms with Gasteiger partial charge in [0.25, 0.3) is 0 Å². The Balaban J connectivity index is 2.31. The number of hydrogen-bond donors (Lipinski definition) is 2. The third-order valence-corrected chi connectivity index (χ3v) is 2.32. The summed E-state index contributed by atoms with van der Waals surface area (Å²) in [5.74, 6) is 0. The van der Waals surface area contributed by atoms with Crippen LogP contribution in [-0.4, -0.2) is 23.4 Å². The third kappa shape index (κ3) is 1.33. The van der Waals surface area contributed by atoms with Crippen LogP contribution in [-0.2, 0) is 0 Å². The Morgan fingerprint density at radius 3 is 2.50 bits per heavy atom. The molecule has 2 N–H and O–H groups in total. The van der Waals surface area contributed by atoms with E-state index in [9.17, 15) is 9.90 Å². The summed E-state index contributed by atoms with van der Waals surface area (Å²) in [6.45, 7) is 1.77. The van der Waals surface area contributed by atoms with Crippen molar-refractivity contribution in [2.24, 2.45) is 0 Å². The summed E-state index contributed by atoms with van der Waals surface area (Å²) >= 11 is 0. The molecule has 1 saturated heterocycles. The number of hydrogen-bond acceptors (Lipinski definition) is 2. The molecule has 0 aromatic heterocycles. The second kappa shape index (κ2) is 3.31. The molecular weight excluding hydrogens is 180 g/mol. The number of carbonyl (C=O) groups is 1. The van der Waals surface area contributed by atoms with E-state index >= 15 is 0 Å². The predicted molar refractivity (Wildman–Crippen MR) is 52.9 cm³/mol. The first-order valence-electron chi connectivity index (χ1n) is 4.53. The van der Waals surface area contributed by atoms with Gasteiger partial charge in [0.2, 0.25) is 0 Å². The number of anilines is 1. The van der Waals surface area contributed by atoms with Gasteiger partial charge in [0, 0.05) is 5.69 Å². The number of benzene rings is 1. The molecule has 0 bridgehead atoms. The quantitative estimate of drug-likeness (QED) is 0.695. The Bertz CT molecular complexity index is 339. The number of nitrogens with zero attached hydrogens (tertiary/aromatic N) is 1. The minimum Gasteiger partial charge on any atom is -0.371 e. The molecule has 4 nitrogen and oxygen atoms in total. The third-order valence-electron chi connectivity index (χ3n) is 2.32. The Morgan fingerprint density at radius 2 is 2.00 bits per heavy atom. The number of rotatable bonds is 1. The van der Waals surface area contributed by atoms with Gasteiger partial charge >= 0.3 is 6.03 Å². The van der Waals surface area contributed by atoms with Crippen molar-refractivity contribution >= 4 is 11.7 Å². The van der Waals surface area contributed by atoms with Crippen LogP contribution in [0.15, 0.2) is 30.3 Å². The van der Waals surface area contributed by atoms with E-state index in [4.69, 9.17) is 0 Å². The number of nitrogens with one attached hydrogen (secondary N) is 1. The normalized spacial score (nSPS) is 26.4. The van der Waals surface area contributed by atoms with Gasteiger partial charge in [0.05, 0.1) is 6.04 Å². The van der Waals surface area contributed by atoms with E-state index in [1.807, 2.05) is 18.2 Å². The fourth-order valence-corrected chi connectivity index (χ4v) is 1.54. The summed E-state index contributed by atoms with van der Waals surface area (Å²) in [6.07, 6.45) is -0.787. The van der Waals surface area contributed by atoms with E-state index in [0.29, 0.717) is 5.69 Å². The maximum Gasteiger partial charge on any atom is 0.324 e. The lowest BCUT2D eigenvalue weighted by Crippen LogP contribution is -2.35. The number of aliphatic hydroxyl groups excluding tert-OH is 1. The largest absolute Gasteiger partial charge is 0.371 e. The van der Waals surface area contributed by atoms with Crippen LogP contribution in [0, 0.1) is 0 Å². The zero-order valence-electron chi connectivity index (χ0n) is 7.84. The van der Waals surface area contributed by atoms with Gasteiger partial charge < -0.3 is 10.4 Å². The SMILES string of the molecule is C[C@H]1NC(=O)N(c2ccccc2)[C@H]1O. The number of aliphatic hydroxyl groups is 1. The molecular formula is C10H12N2O2. The van der Waals surface area contributed by atoms with Crippen LogP contribution >= 0.6 is 0 Å². The van der Waals surface area contributed by atoms with Gasteiger partial charge in [-0.1, -0.05) is 18.2 Å². The van der Waals surface area contributed by atoms with E-state index in [1.54, 1.807) is 19.1 Å². The van der Waals surface area contributed by atoms with Gasteiger partial charge in [0.1, 0.15) is 0 Å². The fourth-order valence-electron chi connectivity index (χ4n) is 1.54. The van der Waals surface area contributed by atoms with Crippen molar-refractivity contribution in [3.63, 3.8) is 0 Å². The molecule has 4 heteroatoms. The summed E-state index contributed by atoms with van der Waals surface area (Å²) < 4.78 is 0. The first-order chi connectivity index (χ1) is 6.70. The monoisotopic (exact) mass is 192 g/mol. The van der Waals surface area contributed by atoms with Crippen LogP contribution in [0.3, 0.4) is 0 Å². The van der Waals surface area contributed by atoms with Crippen molar-refractivity contribution < 1.29 is 9.90 Å². The first-order valence-corrected chi connectivity index (χ1v) is 4.53. The Hall–Kier alpha value is -1.55. The lowest BCUT2D eigenvalue weighted by Gasteiger charge is -2.19. The average Bonchev–Trinajstić information content (AvgIpc) is 2.43. The topological polar surface area (TPSA) is 52.6 Å². The van der Waals surface area contributed by atoms with Crippen LogP contribution in [0.5, 0.6) is 0 Å². The standard InChI is InChI=1S/C10H12N2O2/c1-7-9(13)12(10(14)11-7)8-5-3-2-4-6-8/h2-7,9,13H,1H3,(H,11,14)/t7-,9+/m1/s1. The Kier molecular flexibility index (Phi) is 2.13. The molecule has 1 aliphatic heterocycles. The van der Waals surface area contributed by atoms with Crippen molar-refractivity contribution in [2.45, 2.75) is 19.2 Å². The molecule has 1 aromatic rings. The van der Waals surface area contributed by atoms with Gasteiger partial charge in [-0.15, -0.1) is 0 Å². The molecule has 1 aromatic carbocycles. The summed E-state index contributed by atoms with van der Waals surface area (Å²) in [5, 5.41) is 12.4. The minimum atomic E-state index is -0.787. The maximum atomic E-state index is 11.5. The average molecular weight is 192 g/mol. The molecule has 0 spiro atoms. The summed E-state index contributed by atoms with van der Waals surface area (Å²) in [4.78, 5) is 12.8. The molecule has 0 saturated carbocycles. The summed E-state index contributed by atoms with van der Waals surface area (Å²) in [6, 6.07) is 8.63. The van der Waals surface area contributed by atoms with Gasteiger partial charge in [-0.3, -0.25) is 4.90 Å². The molecule has 14 heavy (non-hydrogen) atoms. The summed E-state index contributed by atoms with van der Waals surface area (Å²) in [5.41, 5.74) is 0.710. The highest BCUT2D eigenvalue weighted by Crippen LogP contribution is 2.21. The van der Waals surface area contributed by atoms with Crippen LogP contribution < -0.4 is 10.2 Å². The van der Waals surface area contributed by atoms with Gasteiger partial charge in [-0.2, -0.15) is 0 Å². The number of urea groups is 1. The number of para-hydroxylation sites is 1. The highest BCUT2D eigenvalue weighted by molar-refractivity contribution is 5.94. The van der Waals surface area contributed by atoms with Gasteiger partial charge in [-0.25, -0.2) is 4.79 Å². The Labute approximate surface area is 82.2 Å². The first kappa shape index (κ1) is 9.02. The van der Waals surface area contributed by atoms with Crippen LogP contribution in [0.25, 0.3) is 0 Å². The van der Waals surface area contributed by atoms with Gasteiger partial charge in [-0.05, 0) is 19.1 Å². The smallest absolute Gasteiger partial charge is 0.324 e. The van der Waals surface area contributed by atoms with Crippen molar-refractivity contribution in [3.8, 4) is 0 Å². The van der Waals surface area contributed by atoms with Crippen LogP contribution in [0.4, 0.5) is 10.5 Å². The van der Waals surface area contributed by atoms with Crippen molar-refractivity contribution in [2.75, 3.05) is 4.90 Å². The second-order valence-electron chi connectivity index (χ2n) is 3.36. The number of carbonyl (C=O) groups excluding carboxylic acids is 1. The molecule has 74 valence electrons. The molecule has 0 aliphatic carbocycles. The maximum absolute atomic E-state index is 11.5. The van der Waals surface area contributed by atoms with E-state index < -0.39 is 6.23 Å². The van der Waals surface area contributed by atoms with Crippen LogP contribution in [0.1, 0.15) is 6.92 Å². The molecule has 1 fully saturated rings. The predicted octanol–water partition coefficient (Wildman–Crippen LogP) is 0.923. The molecule has 1 heterocycles. The summed E-state index contributed by atoms with van der Waals surface area (Å²) in [7, 11) is 0. The van der Waals surface area contributed by atoms with Crippen molar-refractivity contribution in [1.29, 1.82) is 0 Å². The molecule has 2 amide bonds. The molecule has 2 rings (SSSR count). The molecule has 2 atom stereocenters. The highest BCUT2D eigenvalue weighted by Gasteiger charge is 2.35. The van der Waals surface area contributed by atoms with E-state index in [-0.39, 0.29) is 12.1 Å².